The summed E-state index contributed by atoms with van der Waals surface area (Å²) in [6.45, 7) is 11.4. The Labute approximate surface area is 169 Å². The van der Waals surface area contributed by atoms with Crippen molar-refractivity contribution in [1.82, 2.24) is 20.4 Å². The number of rotatable bonds is 5. The molecular weight excluding hydrogens is 356 g/mol. The molecule has 4 atom stereocenters. The number of likely N-dealkylation sites (tertiary alicyclic amines) is 2. The zero-order valence-corrected chi connectivity index (χ0v) is 18.2. The van der Waals surface area contributed by atoms with Crippen LogP contribution in [0.5, 0.6) is 0 Å². The molecule has 3 rings (SSSR count). The van der Waals surface area contributed by atoms with Gasteiger partial charge in [-0.1, -0.05) is 20.8 Å². The van der Waals surface area contributed by atoms with Crippen molar-refractivity contribution in [3.63, 3.8) is 0 Å². The lowest BCUT2D eigenvalue weighted by Crippen LogP contribution is -2.58. The van der Waals surface area contributed by atoms with Crippen LogP contribution in [0.2, 0.25) is 0 Å². The molecule has 0 aromatic heterocycles. The summed E-state index contributed by atoms with van der Waals surface area (Å²) in [7, 11) is 1.76. The standard InChI is InChI=1S/C21H38N4O3/c1-14(22-5)19(26)23-18(21(2,3)4)20(27)25-11-7-16-17(25)6-10-24(16)15-8-12-28-13-9-15/h14-18,22H,6-13H2,1-5H3,(H,23,26)/t14-,16+,17?,18?/m0/s1. The van der Waals surface area contributed by atoms with E-state index in [1.54, 1.807) is 7.05 Å². The van der Waals surface area contributed by atoms with Gasteiger partial charge in [-0.2, -0.15) is 0 Å². The van der Waals surface area contributed by atoms with E-state index in [9.17, 15) is 9.59 Å². The van der Waals surface area contributed by atoms with Crippen molar-refractivity contribution in [2.75, 3.05) is 33.4 Å². The van der Waals surface area contributed by atoms with Crippen LogP contribution in [0.4, 0.5) is 0 Å². The zero-order valence-electron chi connectivity index (χ0n) is 18.2. The third-order valence-corrected chi connectivity index (χ3v) is 6.79. The van der Waals surface area contributed by atoms with Crippen molar-refractivity contribution < 1.29 is 14.3 Å². The maximum absolute atomic E-state index is 13.5. The van der Waals surface area contributed by atoms with Crippen molar-refractivity contribution in [1.29, 1.82) is 0 Å². The van der Waals surface area contributed by atoms with E-state index in [-0.39, 0.29) is 29.3 Å². The molecule has 3 aliphatic rings. The van der Waals surface area contributed by atoms with Crippen LogP contribution >= 0.6 is 0 Å². The second-order valence-corrected chi connectivity index (χ2v) is 9.64. The minimum Gasteiger partial charge on any atom is -0.381 e. The number of nitrogens with one attached hydrogen (secondary N) is 2. The lowest BCUT2D eigenvalue weighted by atomic mass is 9.85. The molecule has 3 aliphatic heterocycles. The van der Waals surface area contributed by atoms with Crippen molar-refractivity contribution in [3.8, 4) is 0 Å². The van der Waals surface area contributed by atoms with Crippen molar-refractivity contribution in [2.45, 2.75) is 83.6 Å². The van der Waals surface area contributed by atoms with Crippen molar-refractivity contribution in [2.24, 2.45) is 5.41 Å². The minimum absolute atomic E-state index is 0.0745. The summed E-state index contributed by atoms with van der Waals surface area (Å²) in [6, 6.07) is 0.498. The van der Waals surface area contributed by atoms with E-state index in [2.05, 4.69) is 20.4 Å². The van der Waals surface area contributed by atoms with Gasteiger partial charge in [-0.25, -0.2) is 0 Å². The average Bonchev–Trinajstić information content (AvgIpc) is 3.26. The van der Waals surface area contributed by atoms with Gasteiger partial charge in [0.25, 0.3) is 0 Å². The van der Waals surface area contributed by atoms with Crippen molar-refractivity contribution in [3.05, 3.63) is 0 Å². The lowest BCUT2D eigenvalue weighted by molar-refractivity contribution is -0.140. The molecule has 2 N–H and O–H groups in total. The summed E-state index contributed by atoms with van der Waals surface area (Å²) in [5.41, 5.74) is -0.336. The Morgan fingerprint density at radius 2 is 1.68 bits per heavy atom. The second-order valence-electron chi connectivity index (χ2n) is 9.64. The molecule has 2 unspecified atom stereocenters. The molecule has 0 aromatic rings. The Morgan fingerprint density at radius 3 is 2.29 bits per heavy atom. The Balaban J connectivity index is 1.69. The van der Waals surface area contributed by atoms with Gasteiger partial charge in [-0.3, -0.25) is 14.5 Å². The largest absolute Gasteiger partial charge is 0.381 e. The number of carbonyl (C=O) groups is 2. The van der Waals surface area contributed by atoms with Crippen molar-refractivity contribution >= 4 is 11.8 Å². The highest BCUT2D eigenvalue weighted by molar-refractivity contribution is 5.90. The average molecular weight is 395 g/mol. The number of nitrogens with zero attached hydrogens (tertiary/aromatic N) is 2. The molecule has 7 heteroatoms. The van der Waals surface area contributed by atoms with Crippen LogP contribution in [-0.4, -0.2) is 85.2 Å². The first-order valence-corrected chi connectivity index (χ1v) is 10.9. The molecule has 0 radical (unpaired) electrons. The fraction of sp³-hybridized carbons (Fsp3) is 0.905. The molecule has 3 heterocycles. The first-order valence-electron chi connectivity index (χ1n) is 10.9. The minimum atomic E-state index is -0.508. The van der Waals surface area contributed by atoms with E-state index in [4.69, 9.17) is 4.74 Å². The van der Waals surface area contributed by atoms with Gasteiger partial charge in [0.2, 0.25) is 11.8 Å². The molecule has 28 heavy (non-hydrogen) atoms. The molecule has 0 aromatic carbocycles. The number of hydrogen-bond donors (Lipinski definition) is 2. The van der Waals surface area contributed by atoms with Gasteiger partial charge in [-0.15, -0.1) is 0 Å². The maximum Gasteiger partial charge on any atom is 0.245 e. The molecule has 0 bridgehead atoms. The highest BCUT2D eigenvalue weighted by atomic mass is 16.5. The molecule has 3 saturated heterocycles. The van der Waals surface area contributed by atoms with Crippen LogP contribution in [0.3, 0.4) is 0 Å². The summed E-state index contributed by atoms with van der Waals surface area (Å²) < 4.78 is 5.53. The van der Waals surface area contributed by atoms with E-state index in [0.29, 0.717) is 12.1 Å². The predicted octanol–water partition coefficient (Wildman–Crippen LogP) is 0.979. The third-order valence-electron chi connectivity index (χ3n) is 6.79. The fourth-order valence-corrected chi connectivity index (χ4v) is 4.98. The summed E-state index contributed by atoms with van der Waals surface area (Å²) in [4.78, 5) is 30.7. The van der Waals surface area contributed by atoms with Gasteiger partial charge < -0.3 is 20.3 Å². The lowest BCUT2D eigenvalue weighted by Gasteiger charge is -2.37. The number of likely N-dealkylation sites (N-methyl/N-ethyl adjacent to an activating group) is 1. The van der Waals surface area contributed by atoms with E-state index in [1.165, 1.54) is 0 Å². The second kappa shape index (κ2) is 8.67. The van der Waals surface area contributed by atoms with Crippen LogP contribution in [-0.2, 0) is 14.3 Å². The normalized spacial score (nSPS) is 28.8. The van der Waals surface area contributed by atoms with E-state index in [1.807, 2.05) is 27.7 Å². The quantitative estimate of drug-likeness (QED) is 0.727. The topological polar surface area (TPSA) is 73.9 Å². The monoisotopic (exact) mass is 394 g/mol. The number of hydrogen-bond acceptors (Lipinski definition) is 5. The Hall–Kier alpha value is -1.18. The summed E-state index contributed by atoms with van der Waals surface area (Å²) in [6.07, 6.45) is 4.26. The summed E-state index contributed by atoms with van der Waals surface area (Å²) in [5, 5.41) is 5.97. The molecular formula is C21H38N4O3. The highest BCUT2D eigenvalue weighted by Crippen LogP contribution is 2.36. The van der Waals surface area contributed by atoms with Crippen LogP contribution in [0.15, 0.2) is 0 Å². The maximum atomic E-state index is 13.5. The predicted molar refractivity (Wildman–Crippen MR) is 109 cm³/mol. The van der Waals surface area contributed by atoms with Crippen LogP contribution in [0.1, 0.15) is 53.4 Å². The van der Waals surface area contributed by atoms with Gasteiger partial charge in [0.15, 0.2) is 0 Å². The van der Waals surface area contributed by atoms with Crippen LogP contribution in [0.25, 0.3) is 0 Å². The smallest absolute Gasteiger partial charge is 0.245 e. The van der Waals surface area contributed by atoms with E-state index >= 15 is 0 Å². The fourth-order valence-electron chi connectivity index (χ4n) is 4.98. The molecule has 0 spiro atoms. The summed E-state index contributed by atoms with van der Waals surface area (Å²) >= 11 is 0. The Kier molecular flexibility index (Phi) is 6.67. The number of carbonyl (C=O) groups excluding carboxylic acids is 2. The SMILES string of the molecule is CN[C@@H](C)C(=O)NC(C(=O)N1CC[C@@H]2C1CCN2C1CCOCC1)C(C)(C)C. The van der Waals surface area contributed by atoms with E-state index in [0.717, 1.165) is 52.0 Å². The molecule has 0 saturated carbocycles. The number of fused-ring (bicyclic) bond motifs is 1. The van der Waals surface area contributed by atoms with E-state index < -0.39 is 6.04 Å². The molecule has 2 amide bonds. The van der Waals surface area contributed by atoms with Crippen LogP contribution in [0, 0.1) is 5.41 Å². The summed E-state index contributed by atoms with van der Waals surface area (Å²) in [5.74, 6) is -0.0488. The highest BCUT2D eigenvalue weighted by Gasteiger charge is 2.49. The van der Waals surface area contributed by atoms with Gasteiger partial charge >= 0.3 is 0 Å². The Morgan fingerprint density at radius 1 is 1.04 bits per heavy atom. The van der Waals surface area contributed by atoms with Gasteiger partial charge in [0.1, 0.15) is 6.04 Å². The van der Waals surface area contributed by atoms with Gasteiger partial charge in [0, 0.05) is 44.4 Å². The molecule has 3 fully saturated rings. The molecule has 160 valence electrons. The van der Waals surface area contributed by atoms with Gasteiger partial charge in [0.05, 0.1) is 6.04 Å². The first kappa shape index (κ1) is 21.5. The zero-order chi connectivity index (χ0) is 20.5. The van der Waals surface area contributed by atoms with Crippen LogP contribution < -0.4 is 10.6 Å². The number of amides is 2. The Bertz CT molecular complexity index is 570. The first-order chi connectivity index (χ1) is 13.2. The molecule has 7 nitrogen and oxygen atoms in total. The third kappa shape index (κ3) is 4.36. The van der Waals surface area contributed by atoms with Gasteiger partial charge in [-0.05, 0) is 45.1 Å². The number of ether oxygens (including phenoxy) is 1. The molecule has 0 aliphatic carbocycles.